The lowest BCUT2D eigenvalue weighted by Crippen LogP contribution is -2.10. The van der Waals surface area contributed by atoms with Gasteiger partial charge in [-0.25, -0.2) is 13.6 Å². The van der Waals surface area contributed by atoms with Crippen molar-refractivity contribution in [3.63, 3.8) is 0 Å². The Hall–Kier alpha value is -1.89. The highest BCUT2D eigenvalue weighted by molar-refractivity contribution is 9.10. The number of esters is 1. The highest BCUT2D eigenvalue weighted by Gasteiger charge is 2.19. The van der Waals surface area contributed by atoms with Crippen LogP contribution in [0.5, 0.6) is 0 Å². The lowest BCUT2D eigenvalue weighted by molar-refractivity contribution is 0.0591. The van der Waals surface area contributed by atoms with Gasteiger partial charge in [-0.3, -0.25) is 0 Å². The molecule has 2 rings (SSSR count). The number of hydrogen-bond acceptors (Lipinski definition) is 3. The van der Waals surface area contributed by atoms with Gasteiger partial charge in [0.1, 0.15) is 11.5 Å². The van der Waals surface area contributed by atoms with Gasteiger partial charge in [-0.15, -0.1) is 0 Å². The maximum atomic E-state index is 13.7. The standard InChI is InChI=1S/C12H9BrF2N2O2/c1-19-12(18)9-4-6(14)5-17(9)8-3-2-7(13)10(15)11(8)16/h2-5H,16H2,1H3. The maximum Gasteiger partial charge on any atom is 0.355 e. The third-order valence-corrected chi connectivity index (χ3v) is 3.16. The van der Waals surface area contributed by atoms with E-state index in [-0.39, 0.29) is 21.5 Å². The van der Waals surface area contributed by atoms with Crippen LogP contribution in [0.25, 0.3) is 5.69 Å². The van der Waals surface area contributed by atoms with E-state index in [1.807, 2.05) is 0 Å². The summed E-state index contributed by atoms with van der Waals surface area (Å²) in [5.74, 6) is -2.07. The van der Waals surface area contributed by atoms with Crippen LogP contribution in [0, 0.1) is 11.6 Å². The van der Waals surface area contributed by atoms with Gasteiger partial charge in [0.05, 0.1) is 23.0 Å². The van der Waals surface area contributed by atoms with Gasteiger partial charge in [-0.1, -0.05) is 0 Å². The fraction of sp³-hybridized carbons (Fsp3) is 0.0833. The van der Waals surface area contributed by atoms with Gasteiger partial charge >= 0.3 is 5.97 Å². The Morgan fingerprint density at radius 1 is 1.42 bits per heavy atom. The summed E-state index contributed by atoms with van der Waals surface area (Å²) in [7, 11) is 1.17. The summed E-state index contributed by atoms with van der Waals surface area (Å²) in [5.41, 5.74) is 5.52. The number of carbonyl (C=O) groups is 1. The number of nitrogens with zero attached hydrogens (tertiary/aromatic N) is 1. The molecule has 0 spiro atoms. The van der Waals surface area contributed by atoms with Crippen molar-refractivity contribution in [2.24, 2.45) is 0 Å². The number of rotatable bonds is 2. The quantitative estimate of drug-likeness (QED) is 0.680. The summed E-state index contributed by atoms with van der Waals surface area (Å²) in [6.07, 6.45) is 1.03. The second-order valence-corrected chi connectivity index (χ2v) is 4.55. The Kier molecular flexibility index (Phi) is 3.57. The molecule has 0 aliphatic heterocycles. The minimum absolute atomic E-state index is 0.0755. The first-order valence-corrected chi connectivity index (χ1v) is 5.95. The maximum absolute atomic E-state index is 13.7. The van der Waals surface area contributed by atoms with Crippen molar-refractivity contribution >= 4 is 27.6 Å². The molecule has 2 N–H and O–H groups in total. The molecule has 19 heavy (non-hydrogen) atoms. The number of hydrogen-bond donors (Lipinski definition) is 1. The first kappa shape index (κ1) is 13.5. The molecule has 0 fully saturated rings. The topological polar surface area (TPSA) is 57.2 Å². The predicted octanol–water partition coefficient (Wildman–Crippen LogP) is 2.89. The molecule has 0 saturated carbocycles. The first-order chi connectivity index (χ1) is 8.95. The first-order valence-electron chi connectivity index (χ1n) is 5.15. The average molecular weight is 331 g/mol. The molecule has 4 nitrogen and oxygen atoms in total. The SMILES string of the molecule is COC(=O)c1cc(F)cn1-c1ccc(Br)c(F)c1N. The summed E-state index contributed by atoms with van der Waals surface area (Å²) in [6.45, 7) is 0. The average Bonchev–Trinajstić information content (AvgIpc) is 2.77. The summed E-state index contributed by atoms with van der Waals surface area (Å²) in [4.78, 5) is 11.5. The molecular weight excluding hydrogens is 322 g/mol. The summed E-state index contributed by atoms with van der Waals surface area (Å²) >= 11 is 2.99. The van der Waals surface area contributed by atoms with E-state index in [1.54, 1.807) is 0 Å². The van der Waals surface area contributed by atoms with E-state index < -0.39 is 17.6 Å². The highest BCUT2D eigenvalue weighted by Crippen LogP contribution is 2.28. The van der Waals surface area contributed by atoms with Crippen LogP contribution in [0.15, 0.2) is 28.9 Å². The number of carbonyl (C=O) groups excluding carboxylic acids is 1. The zero-order chi connectivity index (χ0) is 14.2. The van der Waals surface area contributed by atoms with Gasteiger partial charge in [0.25, 0.3) is 0 Å². The molecule has 0 radical (unpaired) electrons. The van der Waals surface area contributed by atoms with Gasteiger partial charge in [-0.05, 0) is 28.1 Å². The van der Waals surface area contributed by atoms with Gasteiger partial charge < -0.3 is 15.0 Å². The van der Waals surface area contributed by atoms with Crippen LogP contribution in [-0.2, 0) is 4.74 Å². The Labute approximate surface area is 115 Å². The van der Waals surface area contributed by atoms with Gasteiger partial charge in [0.15, 0.2) is 5.82 Å². The minimum atomic E-state index is -0.744. The molecule has 0 unspecified atom stereocenters. The number of aromatic nitrogens is 1. The van der Waals surface area contributed by atoms with Crippen molar-refractivity contribution in [3.05, 3.63) is 46.2 Å². The third-order valence-electron chi connectivity index (χ3n) is 2.55. The number of nitrogen functional groups attached to an aromatic ring is 1. The molecule has 1 heterocycles. The molecule has 7 heteroatoms. The number of halogens is 3. The van der Waals surface area contributed by atoms with E-state index in [4.69, 9.17) is 5.73 Å². The van der Waals surface area contributed by atoms with Crippen LogP contribution in [0.2, 0.25) is 0 Å². The monoisotopic (exact) mass is 330 g/mol. The molecule has 1 aromatic carbocycles. The Morgan fingerprint density at radius 3 is 2.74 bits per heavy atom. The van der Waals surface area contributed by atoms with Crippen LogP contribution in [-0.4, -0.2) is 17.6 Å². The molecule has 2 aromatic rings. The Balaban J connectivity index is 2.66. The molecule has 100 valence electrons. The number of methoxy groups -OCH3 is 1. The second kappa shape index (κ2) is 5.00. The van der Waals surface area contributed by atoms with Crippen LogP contribution >= 0.6 is 15.9 Å². The van der Waals surface area contributed by atoms with Crippen LogP contribution < -0.4 is 5.73 Å². The van der Waals surface area contributed by atoms with Gasteiger partial charge in [0.2, 0.25) is 0 Å². The summed E-state index contributed by atoms with van der Waals surface area (Å²) < 4.78 is 32.9. The van der Waals surface area contributed by atoms with E-state index in [0.29, 0.717) is 0 Å². The fourth-order valence-electron chi connectivity index (χ4n) is 1.66. The van der Waals surface area contributed by atoms with Crippen molar-refractivity contribution in [2.45, 2.75) is 0 Å². The fourth-order valence-corrected chi connectivity index (χ4v) is 2.00. The lowest BCUT2D eigenvalue weighted by atomic mass is 10.2. The van der Waals surface area contributed by atoms with E-state index in [0.717, 1.165) is 16.8 Å². The minimum Gasteiger partial charge on any atom is -0.464 e. The van der Waals surface area contributed by atoms with E-state index >= 15 is 0 Å². The molecule has 0 atom stereocenters. The van der Waals surface area contributed by atoms with Crippen LogP contribution in [0.4, 0.5) is 14.5 Å². The number of benzene rings is 1. The van der Waals surface area contributed by atoms with E-state index in [9.17, 15) is 13.6 Å². The van der Waals surface area contributed by atoms with Gasteiger partial charge in [0, 0.05) is 12.3 Å². The molecule has 0 aliphatic rings. The molecule has 0 amide bonds. The zero-order valence-corrected chi connectivity index (χ0v) is 11.4. The summed E-state index contributed by atoms with van der Waals surface area (Å²) in [5, 5.41) is 0. The van der Waals surface area contributed by atoms with Crippen LogP contribution in [0.1, 0.15) is 10.5 Å². The number of ether oxygens (including phenoxy) is 1. The lowest BCUT2D eigenvalue weighted by Gasteiger charge is -2.11. The predicted molar refractivity (Wildman–Crippen MR) is 69.1 cm³/mol. The van der Waals surface area contributed by atoms with Crippen molar-refractivity contribution in [2.75, 3.05) is 12.8 Å². The van der Waals surface area contributed by atoms with Crippen molar-refractivity contribution in [1.29, 1.82) is 0 Å². The van der Waals surface area contributed by atoms with Gasteiger partial charge in [-0.2, -0.15) is 0 Å². The molecule has 1 aromatic heterocycles. The van der Waals surface area contributed by atoms with E-state index in [1.165, 1.54) is 19.2 Å². The normalized spacial score (nSPS) is 10.5. The Bertz CT molecular complexity index is 655. The molecule has 0 saturated heterocycles. The third kappa shape index (κ3) is 2.33. The van der Waals surface area contributed by atoms with Crippen LogP contribution in [0.3, 0.4) is 0 Å². The zero-order valence-electron chi connectivity index (χ0n) is 9.78. The van der Waals surface area contributed by atoms with Crippen molar-refractivity contribution < 1.29 is 18.3 Å². The highest BCUT2D eigenvalue weighted by atomic mass is 79.9. The second-order valence-electron chi connectivity index (χ2n) is 3.70. The smallest absolute Gasteiger partial charge is 0.355 e. The largest absolute Gasteiger partial charge is 0.464 e. The van der Waals surface area contributed by atoms with Crippen molar-refractivity contribution in [3.8, 4) is 5.69 Å². The Morgan fingerprint density at radius 2 is 2.11 bits per heavy atom. The van der Waals surface area contributed by atoms with Crippen molar-refractivity contribution in [1.82, 2.24) is 4.57 Å². The summed E-state index contributed by atoms with van der Waals surface area (Å²) in [6, 6.07) is 3.87. The molecular formula is C12H9BrF2N2O2. The molecule has 0 bridgehead atoms. The number of nitrogens with two attached hydrogens (primary N) is 1. The van der Waals surface area contributed by atoms with E-state index in [2.05, 4.69) is 20.7 Å². The number of anilines is 1. The molecule has 0 aliphatic carbocycles.